The zero-order valence-corrected chi connectivity index (χ0v) is 16.1. The number of anilines is 1. The molecule has 0 unspecified atom stereocenters. The normalized spacial score (nSPS) is 10.6. The smallest absolute Gasteiger partial charge is 0.270 e. The number of nitrogens with zero attached hydrogens (tertiary/aromatic N) is 3. The minimum Gasteiger partial charge on any atom is -0.455 e. The molecule has 0 saturated heterocycles. The quantitative estimate of drug-likeness (QED) is 0.378. The van der Waals surface area contributed by atoms with Gasteiger partial charge < -0.3 is 10.1 Å². The van der Waals surface area contributed by atoms with Gasteiger partial charge in [-0.1, -0.05) is 30.3 Å². The van der Waals surface area contributed by atoms with E-state index in [2.05, 4.69) is 10.3 Å². The monoisotopic (exact) mass is 416 g/mol. The zero-order valence-electron chi connectivity index (χ0n) is 16.1. The Kier molecular flexibility index (Phi) is 5.39. The van der Waals surface area contributed by atoms with Crippen LogP contribution in [0.15, 0.2) is 83.9 Å². The Morgan fingerprint density at radius 2 is 1.81 bits per heavy atom. The number of nitrogens with one attached hydrogen (secondary N) is 1. The molecule has 154 valence electrons. The molecule has 0 fully saturated rings. The molecule has 0 atom stereocenters. The number of fused-ring (bicyclic) bond motifs is 1. The van der Waals surface area contributed by atoms with Gasteiger partial charge in [-0.3, -0.25) is 24.3 Å². The van der Waals surface area contributed by atoms with E-state index in [0.29, 0.717) is 22.7 Å². The molecule has 1 aromatic heterocycles. The van der Waals surface area contributed by atoms with E-state index in [1.54, 1.807) is 36.4 Å². The minimum atomic E-state index is -0.591. The number of amides is 1. The van der Waals surface area contributed by atoms with Gasteiger partial charge in [-0.05, 0) is 30.3 Å². The Bertz CT molecular complexity index is 1330. The number of nitro groups is 1. The number of non-ortho nitro benzene ring substituents is 1. The van der Waals surface area contributed by atoms with E-state index in [4.69, 9.17) is 4.74 Å². The second kappa shape index (κ2) is 8.46. The van der Waals surface area contributed by atoms with Gasteiger partial charge in [-0.25, -0.2) is 4.98 Å². The van der Waals surface area contributed by atoms with Crippen molar-refractivity contribution in [2.75, 3.05) is 5.32 Å². The topological polar surface area (TPSA) is 116 Å². The van der Waals surface area contributed by atoms with Crippen LogP contribution in [0.5, 0.6) is 11.5 Å². The van der Waals surface area contributed by atoms with E-state index in [1.807, 2.05) is 18.2 Å². The molecule has 4 rings (SSSR count). The maximum Gasteiger partial charge on any atom is 0.270 e. The molecule has 0 aliphatic carbocycles. The first-order chi connectivity index (χ1) is 15.0. The van der Waals surface area contributed by atoms with Crippen molar-refractivity contribution in [2.45, 2.75) is 6.54 Å². The fraction of sp³-hybridized carbons (Fsp3) is 0.0455. The average molecular weight is 416 g/mol. The summed E-state index contributed by atoms with van der Waals surface area (Å²) in [4.78, 5) is 39.8. The number of ether oxygens (including phenoxy) is 1. The number of carbonyl (C=O) groups excluding carboxylic acids is 1. The van der Waals surface area contributed by atoms with Crippen LogP contribution < -0.4 is 15.6 Å². The number of hydrogen-bond donors (Lipinski definition) is 1. The number of aromatic nitrogens is 2. The van der Waals surface area contributed by atoms with Crippen LogP contribution >= 0.6 is 0 Å². The Morgan fingerprint density at radius 1 is 1.06 bits per heavy atom. The van der Waals surface area contributed by atoms with E-state index >= 15 is 0 Å². The lowest BCUT2D eigenvalue weighted by Crippen LogP contribution is -2.28. The van der Waals surface area contributed by atoms with E-state index < -0.39 is 16.4 Å². The Labute approximate surface area is 175 Å². The van der Waals surface area contributed by atoms with Crippen LogP contribution in [0.1, 0.15) is 0 Å². The van der Waals surface area contributed by atoms with Gasteiger partial charge in [0.2, 0.25) is 5.91 Å². The number of carbonyl (C=O) groups is 1. The SMILES string of the molecule is O=C(Cn1cnc2ccc([N+](=O)[O-])cc2c1=O)Nc1ccccc1Oc1ccccc1. The third-order valence-corrected chi connectivity index (χ3v) is 4.46. The van der Waals surface area contributed by atoms with Crippen molar-refractivity contribution in [1.29, 1.82) is 0 Å². The molecule has 9 nitrogen and oxygen atoms in total. The number of para-hydroxylation sites is 3. The van der Waals surface area contributed by atoms with Crippen LogP contribution in [0.2, 0.25) is 0 Å². The van der Waals surface area contributed by atoms with Gasteiger partial charge in [0.25, 0.3) is 11.2 Å². The molecule has 31 heavy (non-hydrogen) atoms. The first-order valence-electron chi connectivity index (χ1n) is 9.26. The van der Waals surface area contributed by atoms with Gasteiger partial charge >= 0.3 is 0 Å². The summed E-state index contributed by atoms with van der Waals surface area (Å²) in [6.07, 6.45) is 1.24. The highest BCUT2D eigenvalue weighted by atomic mass is 16.6. The van der Waals surface area contributed by atoms with Crippen molar-refractivity contribution in [1.82, 2.24) is 9.55 Å². The summed E-state index contributed by atoms with van der Waals surface area (Å²) >= 11 is 0. The lowest BCUT2D eigenvalue weighted by Gasteiger charge is -2.13. The maximum atomic E-state index is 12.7. The van der Waals surface area contributed by atoms with Crippen molar-refractivity contribution in [2.24, 2.45) is 0 Å². The van der Waals surface area contributed by atoms with E-state index in [0.717, 1.165) is 10.6 Å². The average Bonchev–Trinajstić information content (AvgIpc) is 2.77. The molecular weight excluding hydrogens is 400 g/mol. The van der Waals surface area contributed by atoms with Crippen molar-refractivity contribution < 1.29 is 14.5 Å². The second-order valence-electron chi connectivity index (χ2n) is 6.60. The molecule has 0 saturated carbocycles. The Balaban J connectivity index is 1.56. The fourth-order valence-corrected chi connectivity index (χ4v) is 2.99. The summed E-state index contributed by atoms with van der Waals surface area (Å²) in [5.41, 5.74) is -0.0130. The zero-order chi connectivity index (χ0) is 21.8. The highest BCUT2D eigenvalue weighted by molar-refractivity contribution is 5.92. The van der Waals surface area contributed by atoms with E-state index in [9.17, 15) is 19.7 Å². The van der Waals surface area contributed by atoms with Crippen LogP contribution in [-0.2, 0) is 11.3 Å². The first kappa shape index (κ1) is 19.8. The summed E-state index contributed by atoms with van der Waals surface area (Å²) in [7, 11) is 0. The highest BCUT2D eigenvalue weighted by Gasteiger charge is 2.14. The van der Waals surface area contributed by atoms with Gasteiger partial charge in [-0.15, -0.1) is 0 Å². The first-order valence-corrected chi connectivity index (χ1v) is 9.26. The van der Waals surface area contributed by atoms with Crippen LogP contribution in [-0.4, -0.2) is 20.4 Å². The molecule has 4 aromatic rings. The molecule has 0 radical (unpaired) electrons. The summed E-state index contributed by atoms with van der Waals surface area (Å²) in [5.74, 6) is 0.584. The van der Waals surface area contributed by atoms with Gasteiger partial charge in [0.05, 0.1) is 27.8 Å². The molecule has 1 heterocycles. The predicted molar refractivity (Wildman–Crippen MR) is 114 cm³/mol. The fourth-order valence-electron chi connectivity index (χ4n) is 2.99. The van der Waals surface area contributed by atoms with Crippen molar-refractivity contribution >= 4 is 28.2 Å². The molecule has 9 heteroatoms. The minimum absolute atomic E-state index is 0.0670. The van der Waals surface area contributed by atoms with Gasteiger partial charge in [-0.2, -0.15) is 0 Å². The van der Waals surface area contributed by atoms with Gasteiger partial charge in [0.1, 0.15) is 12.3 Å². The van der Waals surface area contributed by atoms with Crippen molar-refractivity contribution in [3.63, 3.8) is 0 Å². The van der Waals surface area contributed by atoms with Crippen LogP contribution in [0, 0.1) is 10.1 Å². The number of hydrogen-bond acceptors (Lipinski definition) is 6. The third-order valence-electron chi connectivity index (χ3n) is 4.46. The van der Waals surface area contributed by atoms with Crippen LogP contribution in [0.25, 0.3) is 10.9 Å². The van der Waals surface area contributed by atoms with Crippen molar-refractivity contribution in [3.05, 3.63) is 99.6 Å². The van der Waals surface area contributed by atoms with Crippen LogP contribution in [0.4, 0.5) is 11.4 Å². The molecule has 1 amide bonds. The second-order valence-corrected chi connectivity index (χ2v) is 6.60. The van der Waals surface area contributed by atoms with Gasteiger partial charge in [0.15, 0.2) is 5.75 Å². The maximum absolute atomic E-state index is 12.7. The number of nitro benzene ring substituents is 1. The lowest BCUT2D eigenvalue weighted by molar-refractivity contribution is -0.384. The van der Waals surface area contributed by atoms with Crippen molar-refractivity contribution in [3.8, 4) is 11.5 Å². The molecule has 3 aromatic carbocycles. The summed E-state index contributed by atoms with van der Waals surface area (Å²) < 4.78 is 6.92. The summed E-state index contributed by atoms with van der Waals surface area (Å²) in [6, 6.07) is 19.9. The van der Waals surface area contributed by atoms with Crippen LogP contribution in [0.3, 0.4) is 0 Å². The molecule has 0 bridgehead atoms. The molecular formula is C22H16N4O5. The molecule has 0 aliphatic rings. The highest BCUT2D eigenvalue weighted by Crippen LogP contribution is 2.29. The summed E-state index contributed by atoms with van der Waals surface area (Å²) in [5, 5.41) is 13.8. The third kappa shape index (κ3) is 4.40. The number of benzene rings is 3. The summed E-state index contributed by atoms with van der Waals surface area (Å²) in [6.45, 7) is -0.315. The molecule has 0 spiro atoms. The Hall–Kier alpha value is -4.53. The van der Waals surface area contributed by atoms with Gasteiger partial charge in [0, 0.05) is 12.1 Å². The largest absolute Gasteiger partial charge is 0.455 e. The predicted octanol–water partition coefficient (Wildman–Crippen LogP) is 3.74. The van der Waals surface area contributed by atoms with E-state index in [1.165, 1.54) is 18.5 Å². The Morgan fingerprint density at radius 3 is 2.58 bits per heavy atom. The molecule has 0 aliphatic heterocycles. The standard InChI is InChI=1S/C22H16N4O5/c27-21(24-19-8-4-5-9-20(19)31-16-6-2-1-3-7-16)13-25-14-23-18-11-10-15(26(29)30)12-17(18)22(25)28/h1-12,14H,13H2,(H,24,27). The number of rotatable bonds is 6. The lowest BCUT2D eigenvalue weighted by atomic mass is 10.2. The van der Waals surface area contributed by atoms with E-state index in [-0.39, 0.29) is 17.6 Å². The molecule has 1 N–H and O–H groups in total.